The molecule has 2 aromatic carbocycles. The van der Waals surface area contributed by atoms with Gasteiger partial charge in [0.05, 0.1) is 21.3 Å². The predicted octanol–water partition coefficient (Wildman–Crippen LogP) is 4.49. The molecule has 27 heavy (non-hydrogen) atoms. The molecule has 0 radical (unpaired) electrons. The van der Waals surface area contributed by atoms with Crippen molar-refractivity contribution < 1.29 is 19.0 Å². The summed E-state index contributed by atoms with van der Waals surface area (Å²) in [7, 11) is 4.68. The maximum Gasteiger partial charge on any atom is 0.248 e. The van der Waals surface area contributed by atoms with Crippen LogP contribution in [0.3, 0.4) is 0 Å². The zero-order valence-corrected chi connectivity index (χ0v) is 16.6. The number of anilines is 1. The van der Waals surface area contributed by atoms with Gasteiger partial charge in [-0.25, -0.2) is 0 Å². The second-order valence-electron chi connectivity index (χ2n) is 5.94. The fourth-order valence-electron chi connectivity index (χ4n) is 2.94. The van der Waals surface area contributed by atoms with Crippen LogP contribution in [-0.2, 0) is 17.6 Å². The molecule has 2 rings (SSSR count). The summed E-state index contributed by atoms with van der Waals surface area (Å²) in [5.74, 6) is 1.42. The summed E-state index contributed by atoms with van der Waals surface area (Å²) >= 11 is 0. The molecule has 0 aliphatic rings. The Bertz CT molecular complexity index is 780. The van der Waals surface area contributed by atoms with E-state index in [9.17, 15) is 4.79 Å². The van der Waals surface area contributed by atoms with E-state index < -0.39 is 0 Å². The highest BCUT2D eigenvalue weighted by molar-refractivity contribution is 6.03. The van der Waals surface area contributed by atoms with Crippen LogP contribution in [0.5, 0.6) is 17.2 Å². The van der Waals surface area contributed by atoms with Gasteiger partial charge in [-0.1, -0.05) is 32.0 Å². The second-order valence-corrected chi connectivity index (χ2v) is 5.94. The van der Waals surface area contributed by atoms with E-state index in [0.717, 1.165) is 35.2 Å². The highest BCUT2D eigenvalue weighted by atomic mass is 16.5. The number of hydrogen-bond donors (Lipinski definition) is 1. The van der Waals surface area contributed by atoms with Crippen molar-refractivity contribution in [1.29, 1.82) is 0 Å². The minimum Gasteiger partial charge on any atom is -0.493 e. The van der Waals surface area contributed by atoms with Crippen molar-refractivity contribution in [1.82, 2.24) is 0 Å². The van der Waals surface area contributed by atoms with Gasteiger partial charge in [-0.3, -0.25) is 4.79 Å². The first-order valence-corrected chi connectivity index (χ1v) is 8.97. The quantitative estimate of drug-likeness (QED) is 0.697. The Morgan fingerprint density at radius 3 is 1.96 bits per heavy atom. The Balaban J connectivity index is 2.25. The zero-order chi connectivity index (χ0) is 19.8. The molecule has 0 aliphatic carbocycles. The van der Waals surface area contributed by atoms with Crippen molar-refractivity contribution in [3.8, 4) is 17.2 Å². The number of nitrogens with one attached hydrogen (secondary N) is 1. The fraction of sp³-hybridized carbons (Fsp3) is 0.318. The molecular weight excluding hydrogens is 342 g/mol. The Hall–Kier alpha value is -2.95. The summed E-state index contributed by atoms with van der Waals surface area (Å²) < 4.78 is 16.0. The summed E-state index contributed by atoms with van der Waals surface area (Å²) in [5, 5.41) is 3.02. The van der Waals surface area contributed by atoms with Crippen molar-refractivity contribution in [3.63, 3.8) is 0 Å². The van der Waals surface area contributed by atoms with Crippen molar-refractivity contribution in [2.75, 3.05) is 26.6 Å². The summed E-state index contributed by atoms with van der Waals surface area (Å²) in [5.41, 5.74) is 3.94. The molecule has 5 heteroatoms. The average Bonchev–Trinajstić information content (AvgIpc) is 2.71. The molecule has 0 atom stereocenters. The van der Waals surface area contributed by atoms with E-state index >= 15 is 0 Å². The third-order valence-electron chi connectivity index (χ3n) is 4.36. The van der Waals surface area contributed by atoms with Crippen LogP contribution in [0.25, 0.3) is 6.08 Å². The number of carbonyl (C=O) groups excluding carboxylic acids is 1. The lowest BCUT2D eigenvalue weighted by Gasteiger charge is -2.14. The highest BCUT2D eigenvalue weighted by Gasteiger charge is 2.12. The standard InChI is InChI=1S/C22H27NO4/c1-6-16-9-8-10-17(7-2)21(16)23-20(24)12-11-15-13-18(25-3)22(27-5)19(14-15)26-4/h8-14H,6-7H2,1-5H3,(H,23,24). The predicted molar refractivity (Wildman–Crippen MR) is 109 cm³/mol. The first-order chi connectivity index (χ1) is 13.1. The monoisotopic (exact) mass is 369 g/mol. The SMILES string of the molecule is CCc1cccc(CC)c1NC(=O)C=Cc1cc(OC)c(OC)c(OC)c1. The summed E-state index contributed by atoms with van der Waals surface area (Å²) in [4.78, 5) is 12.5. The van der Waals surface area contributed by atoms with Gasteiger partial charge in [-0.15, -0.1) is 0 Å². The number of hydrogen-bond acceptors (Lipinski definition) is 4. The Kier molecular flexibility index (Phi) is 7.29. The number of carbonyl (C=O) groups is 1. The molecule has 0 saturated carbocycles. The number of amides is 1. The molecule has 2 aromatic rings. The number of aryl methyl sites for hydroxylation is 2. The molecule has 5 nitrogen and oxygen atoms in total. The number of rotatable bonds is 8. The van der Waals surface area contributed by atoms with E-state index in [2.05, 4.69) is 19.2 Å². The maximum atomic E-state index is 12.5. The van der Waals surface area contributed by atoms with E-state index in [0.29, 0.717) is 17.2 Å². The molecule has 1 N–H and O–H groups in total. The van der Waals surface area contributed by atoms with Crippen LogP contribution in [0, 0.1) is 0 Å². The maximum absolute atomic E-state index is 12.5. The van der Waals surface area contributed by atoms with Gasteiger partial charge >= 0.3 is 0 Å². The Labute approximate surface area is 161 Å². The molecule has 0 aromatic heterocycles. The minimum absolute atomic E-state index is 0.181. The Morgan fingerprint density at radius 2 is 1.52 bits per heavy atom. The van der Waals surface area contributed by atoms with Crippen molar-refractivity contribution >= 4 is 17.7 Å². The van der Waals surface area contributed by atoms with Crippen LogP contribution in [-0.4, -0.2) is 27.2 Å². The summed E-state index contributed by atoms with van der Waals surface area (Å²) in [6.45, 7) is 4.16. The van der Waals surface area contributed by atoms with Gasteiger partial charge in [-0.2, -0.15) is 0 Å². The minimum atomic E-state index is -0.181. The third-order valence-corrected chi connectivity index (χ3v) is 4.36. The molecular formula is C22H27NO4. The van der Waals surface area contributed by atoms with Gasteiger partial charge < -0.3 is 19.5 Å². The summed E-state index contributed by atoms with van der Waals surface area (Å²) in [6.07, 6.45) is 4.95. The van der Waals surface area contributed by atoms with Gasteiger partial charge in [0.1, 0.15) is 0 Å². The number of benzene rings is 2. The van der Waals surface area contributed by atoms with Crippen LogP contribution in [0.15, 0.2) is 36.4 Å². The number of methoxy groups -OCH3 is 3. The Morgan fingerprint density at radius 1 is 0.963 bits per heavy atom. The molecule has 0 heterocycles. The van der Waals surface area contributed by atoms with Crippen LogP contribution in [0.4, 0.5) is 5.69 Å². The fourth-order valence-corrected chi connectivity index (χ4v) is 2.94. The van der Waals surface area contributed by atoms with E-state index in [-0.39, 0.29) is 5.91 Å². The van der Waals surface area contributed by atoms with Crippen LogP contribution < -0.4 is 19.5 Å². The van der Waals surface area contributed by atoms with Crippen molar-refractivity contribution in [3.05, 3.63) is 53.1 Å². The molecule has 0 saturated heterocycles. The van der Waals surface area contributed by atoms with E-state index in [1.54, 1.807) is 39.5 Å². The lowest BCUT2D eigenvalue weighted by molar-refractivity contribution is -0.111. The van der Waals surface area contributed by atoms with E-state index in [1.807, 2.05) is 18.2 Å². The number of ether oxygens (including phenoxy) is 3. The topological polar surface area (TPSA) is 56.8 Å². The molecule has 0 unspecified atom stereocenters. The van der Waals surface area contributed by atoms with Crippen LogP contribution >= 0.6 is 0 Å². The normalized spacial score (nSPS) is 10.7. The smallest absolute Gasteiger partial charge is 0.248 e. The zero-order valence-electron chi connectivity index (χ0n) is 16.6. The van der Waals surface area contributed by atoms with Gasteiger partial charge in [0.25, 0.3) is 0 Å². The molecule has 0 bridgehead atoms. The van der Waals surface area contributed by atoms with E-state index in [1.165, 1.54) is 6.08 Å². The first-order valence-electron chi connectivity index (χ1n) is 8.97. The first kappa shape index (κ1) is 20.4. The van der Waals surface area contributed by atoms with Crippen LogP contribution in [0.2, 0.25) is 0 Å². The second kappa shape index (κ2) is 9.67. The molecule has 0 spiro atoms. The molecule has 1 amide bonds. The number of para-hydroxylation sites is 1. The van der Waals surface area contributed by atoms with Crippen molar-refractivity contribution in [2.24, 2.45) is 0 Å². The molecule has 0 aliphatic heterocycles. The summed E-state index contributed by atoms with van der Waals surface area (Å²) in [6, 6.07) is 9.69. The highest BCUT2D eigenvalue weighted by Crippen LogP contribution is 2.38. The van der Waals surface area contributed by atoms with Crippen molar-refractivity contribution in [2.45, 2.75) is 26.7 Å². The molecule has 0 fully saturated rings. The molecule has 144 valence electrons. The largest absolute Gasteiger partial charge is 0.493 e. The van der Waals surface area contributed by atoms with Gasteiger partial charge in [-0.05, 0) is 47.7 Å². The lowest BCUT2D eigenvalue weighted by atomic mass is 10.0. The van der Waals surface area contributed by atoms with Gasteiger partial charge in [0.2, 0.25) is 11.7 Å². The third kappa shape index (κ3) is 4.82. The van der Waals surface area contributed by atoms with Gasteiger partial charge in [0, 0.05) is 11.8 Å². The average molecular weight is 369 g/mol. The van der Waals surface area contributed by atoms with E-state index in [4.69, 9.17) is 14.2 Å². The lowest BCUT2D eigenvalue weighted by Crippen LogP contribution is -2.11. The van der Waals surface area contributed by atoms with Gasteiger partial charge in [0.15, 0.2) is 11.5 Å². The van der Waals surface area contributed by atoms with Crippen LogP contribution in [0.1, 0.15) is 30.5 Å².